The number of hydrazone groups is 1. The van der Waals surface area contributed by atoms with Gasteiger partial charge in [-0.3, -0.25) is 10.4 Å². The fourth-order valence-corrected chi connectivity index (χ4v) is 3.43. The van der Waals surface area contributed by atoms with Gasteiger partial charge in [-0.15, -0.1) is 11.3 Å². The number of rotatable bonds is 6. The minimum atomic E-state index is 0.699. The number of aromatic nitrogens is 2. The molecule has 0 aliphatic carbocycles. The van der Waals surface area contributed by atoms with Crippen molar-refractivity contribution in [3.05, 3.63) is 95.6 Å². The molecule has 5 nitrogen and oxygen atoms in total. The predicted octanol–water partition coefficient (Wildman–Crippen LogP) is 5.08. The maximum atomic E-state index is 5.43. The lowest BCUT2D eigenvalue weighted by molar-refractivity contribution is 0.416. The average molecular weight is 386 g/mol. The highest BCUT2D eigenvalue weighted by molar-refractivity contribution is 7.14. The Morgan fingerprint density at radius 3 is 2.54 bits per heavy atom. The first-order chi connectivity index (χ1) is 13.8. The van der Waals surface area contributed by atoms with Gasteiger partial charge in [0, 0.05) is 22.7 Å². The Bertz CT molecular complexity index is 1040. The predicted molar refractivity (Wildman–Crippen MR) is 114 cm³/mol. The quantitative estimate of drug-likeness (QED) is 0.371. The zero-order chi connectivity index (χ0) is 19.2. The molecular formula is C22H18N4OS. The van der Waals surface area contributed by atoms with Crippen molar-refractivity contribution in [2.75, 3.05) is 12.5 Å². The fourth-order valence-electron chi connectivity index (χ4n) is 2.78. The number of thiazole rings is 1. The Kier molecular flexibility index (Phi) is 5.40. The van der Waals surface area contributed by atoms with Crippen LogP contribution < -0.4 is 10.2 Å². The van der Waals surface area contributed by atoms with E-state index in [0.29, 0.717) is 5.13 Å². The van der Waals surface area contributed by atoms with Crippen LogP contribution in [0.2, 0.25) is 0 Å². The van der Waals surface area contributed by atoms with E-state index in [1.54, 1.807) is 13.3 Å². The van der Waals surface area contributed by atoms with Gasteiger partial charge in [0.05, 0.1) is 18.5 Å². The van der Waals surface area contributed by atoms with E-state index in [-0.39, 0.29) is 0 Å². The highest BCUT2D eigenvalue weighted by atomic mass is 32.1. The van der Waals surface area contributed by atoms with E-state index < -0.39 is 0 Å². The standard InChI is InChI=1S/C22H18N4OS/c1-27-20-13-6-5-11-17(20)19-15-28-22(24-19)26-25-21(16-9-3-2-4-10-16)18-12-7-8-14-23-18/h2-15H,1H3,(H,24,26)/b25-21+. The Morgan fingerprint density at radius 1 is 0.964 bits per heavy atom. The molecule has 0 amide bonds. The van der Waals surface area contributed by atoms with Gasteiger partial charge in [-0.2, -0.15) is 5.10 Å². The summed E-state index contributed by atoms with van der Waals surface area (Å²) in [4.78, 5) is 9.09. The summed E-state index contributed by atoms with van der Waals surface area (Å²) in [6.07, 6.45) is 1.76. The third-order valence-corrected chi connectivity index (χ3v) is 4.85. The fraction of sp³-hybridized carbons (Fsp3) is 0.0455. The second-order valence-corrected chi connectivity index (χ2v) is 6.75. The summed E-state index contributed by atoms with van der Waals surface area (Å²) in [5, 5.41) is 7.29. The Morgan fingerprint density at radius 2 is 1.75 bits per heavy atom. The molecule has 2 aromatic heterocycles. The van der Waals surface area contributed by atoms with Gasteiger partial charge in [0.1, 0.15) is 11.5 Å². The first-order valence-corrected chi connectivity index (χ1v) is 9.62. The van der Waals surface area contributed by atoms with Gasteiger partial charge < -0.3 is 4.74 Å². The summed E-state index contributed by atoms with van der Waals surface area (Å²) in [6.45, 7) is 0. The SMILES string of the molecule is COc1ccccc1-c1csc(N/N=C(\c2ccccc2)c2ccccn2)n1. The summed E-state index contributed by atoms with van der Waals surface area (Å²) in [6, 6.07) is 23.6. The van der Waals surface area contributed by atoms with Crippen LogP contribution in [0.4, 0.5) is 5.13 Å². The lowest BCUT2D eigenvalue weighted by Gasteiger charge is -2.06. The van der Waals surface area contributed by atoms with E-state index in [1.165, 1.54) is 11.3 Å². The number of benzene rings is 2. The molecule has 0 unspecified atom stereocenters. The zero-order valence-corrected chi connectivity index (χ0v) is 16.1. The smallest absolute Gasteiger partial charge is 0.203 e. The van der Waals surface area contributed by atoms with Crippen LogP contribution in [0.1, 0.15) is 11.3 Å². The maximum absolute atomic E-state index is 5.43. The highest BCUT2D eigenvalue weighted by Crippen LogP contribution is 2.31. The van der Waals surface area contributed by atoms with Crippen molar-refractivity contribution in [1.82, 2.24) is 9.97 Å². The van der Waals surface area contributed by atoms with Gasteiger partial charge >= 0.3 is 0 Å². The molecule has 2 aromatic carbocycles. The molecule has 0 saturated heterocycles. The van der Waals surface area contributed by atoms with Gasteiger partial charge in [-0.05, 0) is 24.3 Å². The van der Waals surface area contributed by atoms with Gasteiger partial charge in [0.25, 0.3) is 0 Å². The molecule has 6 heteroatoms. The molecule has 4 aromatic rings. The normalized spacial score (nSPS) is 11.2. The van der Waals surface area contributed by atoms with Crippen LogP contribution in [0.25, 0.3) is 11.3 Å². The number of hydrogen-bond acceptors (Lipinski definition) is 6. The minimum absolute atomic E-state index is 0.699. The molecule has 0 saturated carbocycles. The van der Waals surface area contributed by atoms with Crippen molar-refractivity contribution < 1.29 is 4.74 Å². The monoisotopic (exact) mass is 386 g/mol. The van der Waals surface area contributed by atoms with Crippen LogP contribution >= 0.6 is 11.3 Å². The summed E-state index contributed by atoms with van der Waals surface area (Å²) in [5.41, 5.74) is 7.42. The highest BCUT2D eigenvalue weighted by Gasteiger charge is 2.11. The van der Waals surface area contributed by atoms with E-state index >= 15 is 0 Å². The van der Waals surface area contributed by atoms with Crippen molar-refractivity contribution in [3.8, 4) is 17.0 Å². The van der Waals surface area contributed by atoms with Crippen LogP contribution in [-0.4, -0.2) is 22.8 Å². The molecule has 0 atom stereocenters. The lowest BCUT2D eigenvalue weighted by Crippen LogP contribution is -2.08. The van der Waals surface area contributed by atoms with E-state index in [4.69, 9.17) is 4.74 Å². The molecule has 0 fully saturated rings. The summed E-state index contributed by atoms with van der Waals surface area (Å²) in [5.74, 6) is 0.793. The molecule has 1 N–H and O–H groups in total. The average Bonchev–Trinajstić information content (AvgIpc) is 3.24. The first kappa shape index (κ1) is 17.9. The van der Waals surface area contributed by atoms with Crippen LogP contribution in [0.5, 0.6) is 5.75 Å². The largest absolute Gasteiger partial charge is 0.496 e. The number of anilines is 1. The molecule has 4 rings (SSSR count). The summed E-state index contributed by atoms with van der Waals surface area (Å²) >= 11 is 1.49. The molecule has 2 heterocycles. The number of hydrogen-bond donors (Lipinski definition) is 1. The molecule has 0 aliphatic rings. The van der Waals surface area contributed by atoms with Crippen molar-refractivity contribution in [3.63, 3.8) is 0 Å². The third kappa shape index (κ3) is 3.92. The van der Waals surface area contributed by atoms with E-state index in [1.807, 2.05) is 78.2 Å². The van der Waals surface area contributed by atoms with E-state index in [0.717, 1.165) is 34.0 Å². The van der Waals surface area contributed by atoms with Crippen LogP contribution in [0.3, 0.4) is 0 Å². The van der Waals surface area contributed by atoms with Crippen molar-refractivity contribution in [2.24, 2.45) is 5.10 Å². The molecule has 0 bridgehead atoms. The number of methoxy groups -OCH3 is 1. The molecule has 0 radical (unpaired) electrons. The van der Waals surface area contributed by atoms with Crippen molar-refractivity contribution >= 4 is 22.2 Å². The molecule has 28 heavy (non-hydrogen) atoms. The summed E-state index contributed by atoms with van der Waals surface area (Å²) in [7, 11) is 1.66. The van der Waals surface area contributed by atoms with Crippen LogP contribution in [-0.2, 0) is 0 Å². The minimum Gasteiger partial charge on any atom is -0.496 e. The number of pyridine rings is 1. The second kappa shape index (κ2) is 8.45. The Hall–Kier alpha value is -3.51. The number of nitrogens with zero attached hydrogens (tertiary/aromatic N) is 3. The van der Waals surface area contributed by atoms with E-state index in [2.05, 4.69) is 20.5 Å². The van der Waals surface area contributed by atoms with Gasteiger partial charge in [0.2, 0.25) is 5.13 Å². The van der Waals surface area contributed by atoms with Gasteiger partial charge in [-0.1, -0.05) is 48.5 Å². The van der Waals surface area contributed by atoms with Crippen molar-refractivity contribution in [2.45, 2.75) is 0 Å². The Labute approximate surface area is 167 Å². The molecule has 138 valence electrons. The number of nitrogens with one attached hydrogen (secondary N) is 1. The lowest BCUT2D eigenvalue weighted by atomic mass is 10.1. The van der Waals surface area contributed by atoms with Gasteiger partial charge in [-0.25, -0.2) is 4.98 Å². The molecule has 0 spiro atoms. The third-order valence-electron chi connectivity index (χ3n) is 4.11. The number of para-hydroxylation sites is 1. The van der Waals surface area contributed by atoms with Crippen LogP contribution in [0, 0.1) is 0 Å². The first-order valence-electron chi connectivity index (χ1n) is 8.74. The van der Waals surface area contributed by atoms with E-state index in [9.17, 15) is 0 Å². The molecule has 0 aliphatic heterocycles. The van der Waals surface area contributed by atoms with Gasteiger partial charge in [0.15, 0.2) is 0 Å². The molecular weight excluding hydrogens is 368 g/mol. The summed E-state index contributed by atoms with van der Waals surface area (Å²) < 4.78 is 5.43. The topological polar surface area (TPSA) is 59.4 Å². The maximum Gasteiger partial charge on any atom is 0.203 e. The van der Waals surface area contributed by atoms with Crippen molar-refractivity contribution in [1.29, 1.82) is 0 Å². The van der Waals surface area contributed by atoms with Crippen LogP contribution in [0.15, 0.2) is 89.5 Å². The zero-order valence-electron chi connectivity index (χ0n) is 15.2. The number of ether oxygens (including phenoxy) is 1. The second-order valence-electron chi connectivity index (χ2n) is 5.89. The Balaban J connectivity index is 1.64.